The average molecular weight is 440 g/mol. The van der Waals surface area contributed by atoms with Crippen LogP contribution in [0.25, 0.3) is 0 Å². The van der Waals surface area contributed by atoms with E-state index in [9.17, 15) is 9.59 Å². The molecule has 2 N–H and O–H groups in total. The minimum atomic E-state index is -0.925. The monoisotopic (exact) mass is 438 g/mol. The quantitative estimate of drug-likeness (QED) is 0.678. The first kappa shape index (κ1) is 20.3. The summed E-state index contributed by atoms with van der Waals surface area (Å²) in [5.74, 6) is -0.388. The van der Waals surface area contributed by atoms with Crippen molar-refractivity contribution in [2.75, 3.05) is 5.32 Å². The van der Waals surface area contributed by atoms with Crippen LogP contribution in [0.4, 0.5) is 10.5 Å². The Hall–Kier alpha value is -2.05. The zero-order valence-electron chi connectivity index (χ0n) is 14.7. The number of rotatable bonds is 4. The van der Waals surface area contributed by atoms with Crippen LogP contribution in [0.1, 0.15) is 32.4 Å². The Morgan fingerprint density at radius 3 is 2.15 bits per heavy atom. The summed E-state index contributed by atoms with van der Waals surface area (Å²) in [6.45, 7) is 5.27. The summed E-state index contributed by atoms with van der Waals surface area (Å²) in [5.41, 5.74) is 0.537. The third kappa shape index (κ3) is 6.35. The molecule has 5 nitrogen and oxygen atoms in total. The van der Waals surface area contributed by atoms with Gasteiger partial charge in [0.05, 0.1) is 0 Å². The molecule has 0 saturated heterocycles. The highest BCUT2D eigenvalue weighted by atomic mass is 79.9. The van der Waals surface area contributed by atoms with Crippen LogP contribution >= 0.6 is 27.5 Å². The SMILES string of the molecule is CC(C)(C)OC(=O)NC(C(=O)Nc1ccc(Br)cc1)c1ccc(Cl)cc1. The van der Waals surface area contributed by atoms with Gasteiger partial charge in [0, 0.05) is 15.2 Å². The summed E-state index contributed by atoms with van der Waals surface area (Å²) < 4.78 is 6.17. The van der Waals surface area contributed by atoms with Crippen molar-refractivity contribution in [1.29, 1.82) is 0 Å². The van der Waals surface area contributed by atoms with Crippen LogP contribution < -0.4 is 10.6 Å². The Bertz CT molecular complexity index is 771. The highest BCUT2D eigenvalue weighted by molar-refractivity contribution is 9.10. The van der Waals surface area contributed by atoms with Crippen molar-refractivity contribution < 1.29 is 14.3 Å². The number of anilines is 1. The van der Waals surface area contributed by atoms with Crippen molar-refractivity contribution in [2.45, 2.75) is 32.4 Å². The molecule has 0 aromatic heterocycles. The number of benzene rings is 2. The van der Waals surface area contributed by atoms with Gasteiger partial charge in [-0.15, -0.1) is 0 Å². The molecular formula is C19H20BrClN2O3. The molecule has 0 aliphatic rings. The van der Waals surface area contributed by atoms with Gasteiger partial charge in [-0.05, 0) is 62.7 Å². The Labute approximate surface area is 166 Å². The van der Waals surface area contributed by atoms with Crippen LogP contribution in [-0.4, -0.2) is 17.6 Å². The predicted molar refractivity (Wildman–Crippen MR) is 106 cm³/mol. The molecule has 0 spiro atoms. The summed E-state index contributed by atoms with van der Waals surface area (Å²) in [5, 5.41) is 5.94. The molecule has 2 amide bonds. The van der Waals surface area contributed by atoms with Crippen molar-refractivity contribution in [1.82, 2.24) is 5.32 Å². The van der Waals surface area contributed by atoms with E-state index >= 15 is 0 Å². The molecule has 2 rings (SSSR count). The number of ether oxygens (including phenoxy) is 1. The first-order valence-corrected chi connectivity index (χ1v) is 9.12. The van der Waals surface area contributed by atoms with Crippen LogP contribution in [0.5, 0.6) is 0 Å². The topological polar surface area (TPSA) is 67.4 Å². The van der Waals surface area contributed by atoms with Crippen LogP contribution in [0.15, 0.2) is 53.0 Å². The summed E-state index contributed by atoms with van der Waals surface area (Å²) in [7, 11) is 0. The molecule has 1 unspecified atom stereocenters. The third-order valence-corrected chi connectivity index (χ3v) is 4.02. The average Bonchev–Trinajstić information content (AvgIpc) is 2.54. The fourth-order valence-electron chi connectivity index (χ4n) is 2.13. The molecule has 1 atom stereocenters. The van der Waals surface area contributed by atoms with Gasteiger partial charge in [-0.2, -0.15) is 0 Å². The maximum absolute atomic E-state index is 12.8. The Balaban J connectivity index is 2.21. The molecule has 0 radical (unpaired) electrons. The second-order valence-electron chi connectivity index (χ2n) is 6.63. The van der Waals surface area contributed by atoms with Gasteiger partial charge < -0.3 is 15.4 Å². The standard InChI is InChI=1S/C19H20BrClN2O3/c1-19(2,3)26-18(25)23-16(12-4-8-14(21)9-5-12)17(24)22-15-10-6-13(20)7-11-15/h4-11,16H,1-3H3,(H,22,24)(H,23,25). The summed E-state index contributed by atoms with van der Waals surface area (Å²) >= 11 is 9.26. The van der Waals surface area contributed by atoms with E-state index in [1.807, 2.05) is 12.1 Å². The smallest absolute Gasteiger partial charge is 0.408 e. The minimum absolute atomic E-state index is 0.388. The number of alkyl carbamates (subject to hydrolysis) is 1. The summed E-state index contributed by atoms with van der Waals surface area (Å²) in [6, 6.07) is 12.9. The van der Waals surface area contributed by atoms with E-state index in [1.165, 1.54) is 0 Å². The number of halogens is 2. The highest BCUT2D eigenvalue weighted by Gasteiger charge is 2.26. The molecule has 7 heteroatoms. The van der Waals surface area contributed by atoms with E-state index < -0.39 is 17.7 Å². The number of carbonyl (C=O) groups is 2. The van der Waals surface area contributed by atoms with Crippen molar-refractivity contribution in [2.24, 2.45) is 0 Å². The Kier molecular flexibility index (Phi) is 6.67. The van der Waals surface area contributed by atoms with E-state index in [1.54, 1.807) is 57.2 Å². The van der Waals surface area contributed by atoms with Gasteiger partial charge in [0.15, 0.2) is 0 Å². The molecular weight excluding hydrogens is 420 g/mol. The van der Waals surface area contributed by atoms with Crippen molar-refractivity contribution in [3.8, 4) is 0 Å². The number of amides is 2. The fourth-order valence-corrected chi connectivity index (χ4v) is 2.52. The lowest BCUT2D eigenvalue weighted by atomic mass is 10.1. The van der Waals surface area contributed by atoms with Gasteiger partial charge >= 0.3 is 6.09 Å². The third-order valence-electron chi connectivity index (χ3n) is 3.24. The van der Waals surface area contributed by atoms with Crippen molar-refractivity contribution in [3.05, 3.63) is 63.6 Å². The van der Waals surface area contributed by atoms with Gasteiger partial charge in [0.1, 0.15) is 11.6 Å². The zero-order chi connectivity index (χ0) is 19.3. The van der Waals surface area contributed by atoms with E-state index in [0.717, 1.165) is 4.47 Å². The summed E-state index contributed by atoms with van der Waals surface area (Å²) in [4.78, 5) is 24.9. The number of nitrogens with one attached hydrogen (secondary N) is 2. The molecule has 0 heterocycles. The van der Waals surface area contributed by atoms with E-state index in [-0.39, 0.29) is 5.91 Å². The number of hydrogen-bond acceptors (Lipinski definition) is 3. The molecule has 0 aliphatic carbocycles. The molecule has 0 saturated carbocycles. The number of hydrogen-bond donors (Lipinski definition) is 2. The van der Waals surface area contributed by atoms with E-state index in [0.29, 0.717) is 16.3 Å². The first-order chi connectivity index (χ1) is 12.1. The lowest BCUT2D eigenvalue weighted by Gasteiger charge is -2.23. The highest BCUT2D eigenvalue weighted by Crippen LogP contribution is 2.21. The molecule has 2 aromatic carbocycles. The van der Waals surface area contributed by atoms with Gasteiger partial charge in [0.25, 0.3) is 5.91 Å². The Morgan fingerprint density at radius 1 is 1.04 bits per heavy atom. The molecule has 0 aliphatic heterocycles. The van der Waals surface area contributed by atoms with Crippen LogP contribution in [0.3, 0.4) is 0 Å². The normalized spacial score (nSPS) is 12.2. The Morgan fingerprint density at radius 2 is 1.62 bits per heavy atom. The predicted octanol–water partition coefficient (Wildman–Crippen LogP) is 5.31. The van der Waals surface area contributed by atoms with Crippen molar-refractivity contribution >= 4 is 45.2 Å². The lowest BCUT2D eigenvalue weighted by Crippen LogP contribution is -2.40. The largest absolute Gasteiger partial charge is 0.444 e. The fraction of sp³-hybridized carbons (Fsp3) is 0.263. The van der Waals surface area contributed by atoms with E-state index in [2.05, 4.69) is 26.6 Å². The molecule has 0 bridgehead atoms. The van der Waals surface area contributed by atoms with Crippen LogP contribution in [-0.2, 0) is 9.53 Å². The van der Waals surface area contributed by atoms with Crippen molar-refractivity contribution in [3.63, 3.8) is 0 Å². The van der Waals surface area contributed by atoms with Gasteiger partial charge in [-0.25, -0.2) is 4.79 Å². The molecule has 0 fully saturated rings. The van der Waals surface area contributed by atoms with Gasteiger partial charge in [0.2, 0.25) is 0 Å². The van der Waals surface area contributed by atoms with E-state index in [4.69, 9.17) is 16.3 Å². The summed E-state index contributed by atoms with van der Waals surface area (Å²) in [6.07, 6.45) is -0.677. The molecule has 26 heavy (non-hydrogen) atoms. The second-order valence-corrected chi connectivity index (χ2v) is 7.98. The first-order valence-electron chi connectivity index (χ1n) is 7.95. The lowest BCUT2D eigenvalue weighted by molar-refractivity contribution is -0.118. The second kappa shape index (κ2) is 8.56. The maximum Gasteiger partial charge on any atom is 0.408 e. The molecule has 138 valence electrons. The maximum atomic E-state index is 12.8. The van der Waals surface area contributed by atoms with Crippen LogP contribution in [0.2, 0.25) is 5.02 Å². The minimum Gasteiger partial charge on any atom is -0.444 e. The number of carbonyl (C=O) groups excluding carboxylic acids is 2. The van der Waals surface area contributed by atoms with Crippen LogP contribution in [0, 0.1) is 0 Å². The van der Waals surface area contributed by atoms with Gasteiger partial charge in [-0.1, -0.05) is 39.7 Å². The molecule has 2 aromatic rings. The zero-order valence-corrected chi connectivity index (χ0v) is 17.0. The van der Waals surface area contributed by atoms with Gasteiger partial charge in [-0.3, -0.25) is 4.79 Å².